The second-order valence-electron chi connectivity index (χ2n) is 5.14. The summed E-state index contributed by atoms with van der Waals surface area (Å²) in [4.78, 5) is 3.96. The summed E-state index contributed by atoms with van der Waals surface area (Å²) in [5, 5.41) is 3.85. The molecule has 0 aliphatic rings. The zero-order chi connectivity index (χ0) is 13.7. The average Bonchev–Trinajstić information content (AvgIpc) is 2.37. The zero-order valence-electron chi connectivity index (χ0n) is 11.4. The molecule has 0 amide bonds. The molecule has 0 bridgehead atoms. The van der Waals surface area contributed by atoms with Crippen LogP contribution < -0.4 is 5.32 Å². The molecule has 0 fully saturated rings. The summed E-state index contributed by atoms with van der Waals surface area (Å²) in [6, 6.07) is 12.5. The summed E-state index contributed by atoms with van der Waals surface area (Å²) in [5.74, 6) is 0.697. The van der Waals surface area contributed by atoms with Crippen LogP contribution in [0.5, 0.6) is 0 Å². The van der Waals surface area contributed by atoms with Crippen LogP contribution in [0, 0.1) is 5.92 Å². The van der Waals surface area contributed by atoms with Gasteiger partial charge in [-0.1, -0.05) is 49.7 Å². The van der Waals surface area contributed by atoms with Gasteiger partial charge >= 0.3 is 0 Å². The Balaban J connectivity index is 1.93. The number of aromatic nitrogens is 1. The van der Waals surface area contributed by atoms with Crippen molar-refractivity contribution in [2.24, 2.45) is 5.92 Å². The van der Waals surface area contributed by atoms with Crippen LogP contribution in [0.3, 0.4) is 0 Å². The molecule has 0 radical (unpaired) electrons. The van der Waals surface area contributed by atoms with Gasteiger partial charge in [0, 0.05) is 18.4 Å². The van der Waals surface area contributed by atoms with Gasteiger partial charge in [0.1, 0.15) is 5.15 Å². The first kappa shape index (κ1) is 13.9. The van der Waals surface area contributed by atoms with Gasteiger partial charge in [-0.05, 0) is 35.6 Å². The van der Waals surface area contributed by atoms with E-state index in [1.165, 1.54) is 11.1 Å². The van der Waals surface area contributed by atoms with Crippen molar-refractivity contribution in [3.8, 4) is 0 Å². The molecule has 1 N–H and O–H groups in total. The molecule has 0 spiro atoms. The first-order valence-corrected chi connectivity index (χ1v) is 6.94. The van der Waals surface area contributed by atoms with Crippen LogP contribution in [0.15, 0.2) is 42.6 Å². The maximum Gasteiger partial charge on any atom is 0.131 e. The molecular formula is C16H19ClN2. The number of anilines is 1. The van der Waals surface area contributed by atoms with Crippen LogP contribution in [-0.2, 0) is 13.0 Å². The van der Waals surface area contributed by atoms with E-state index in [0.29, 0.717) is 11.1 Å². The maximum atomic E-state index is 5.84. The molecule has 0 atom stereocenters. The molecule has 2 nitrogen and oxygen atoms in total. The van der Waals surface area contributed by atoms with Crippen LogP contribution in [0.25, 0.3) is 0 Å². The third-order valence-electron chi connectivity index (χ3n) is 2.89. The van der Waals surface area contributed by atoms with Crippen LogP contribution in [0.1, 0.15) is 25.0 Å². The van der Waals surface area contributed by atoms with E-state index in [4.69, 9.17) is 11.6 Å². The monoisotopic (exact) mass is 274 g/mol. The standard InChI is InChI=1S/C16H19ClN2/c1-12(2)9-13-3-5-14(6-4-13)11-19-15-7-8-18-16(17)10-15/h3-8,10,12H,9,11H2,1-2H3,(H,18,19). The van der Waals surface area contributed by atoms with Gasteiger partial charge in [0.05, 0.1) is 0 Å². The molecular weight excluding hydrogens is 256 g/mol. The minimum Gasteiger partial charge on any atom is -0.381 e. The van der Waals surface area contributed by atoms with Crippen LogP contribution >= 0.6 is 11.6 Å². The SMILES string of the molecule is CC(C)Cc1ccc(CNc2ccnc(Cl)c2)cc1. The van der Waals surface area contributed by atoms with E-state index in [2.05, 4.69) is 48.4 Å². The number of nitrogens with zero attached hydrogens (tertiary/aromatic N) is 1. The van der Waals surface area contributed by atoms with Crippen molar-refractivity contribution in [1.29, 1.82) is 0 Å². The Labute approximate surface area is 119 Å². The van der Waals surface area contributed by atoms with Gasteiger partial charge in [0.2, 0.25) is 0 Å². The lowest BCUT2D eigenvalue weighted by atomic mass is 10.0. The summed E-state index contributed by atoms with van der Waals surface area (Å²) in [6.45, 7) is 5.27. The highest BCUT2D eigenvalue weighted by molar-refractivity contribution is 6.29. The highest BCUT2D eigenvalue weighted by atomic mass is 35.5. The second-order valence-corrected chi connectivity index (χ2v) is 5.52. The van der Waals surface area contributed by atoms with Crippen molar-refractivity contribution in [2.75, 3.05) is 5.32 Å². The van der Waals surface area contributed by atoms with Crippen LogP contribution in [-0.4, -0.2) is 4.98 Å². The smallest absolute Gasteiger partial charge is 0.131 e. The molecule has 0 aliphatic heterocycles. The predicted molar refractivity (Wildman–Crippen MR) is 81.6 cm³/mol. The van der Waals surface area contributed by atoms with E-state index in [0.717, 1.165) is 18.7 Å². The van der Waals surface area contributed by atoms with E-state index in [1.54, 1.807) is 6.20 Å². The van der Waals surface area contributed by atoms with Crippen molar-refractivity contribution >= 4 is 17.3 Å². The molecule has 19 heavy (non-hydrogen) atoms. The Bertz CT molecular complexity index is 521. The quantitative estimate of drug-likeness (QED) is 0.810. The molecule has 0 unspecified atom stereocenters. The molecule has 0 saturated heterocycles. The molecule has 1 heterocycles. The van der Waals surface area contributed by atoms with Gasteiger partial charge in [0.25, 0.3) is 0 Å². The molecule has 1 aromatic heterocycles. The van der Waals surface area contributed by atoms with Crippen LogP contribution in [0.4, 0.5) is 5.69 Å². The molecule has 0 aliphatic carbocycles. The summed E-state index contributed by atoms with van der Waals surface area (Å²) < 4.78 is 0. The lowest BCUT2D eigenvalue weighted by Gasteiger charge is -2.08. The Morgan fingerprint density at radius 2 is 1.79 bits per heavy atom. The van der Waals surface area contributed by atoms with E-state index in [-0.39, 0.29) is 0 Å². The average molecular weight is 275 g/mol. The van der Waals surface area contributed by atoms with Gasteiger partial charge in [0.15, 0.2) is 0 Å². The molecule has 2 aromatic rings. The molecule has 0 saturated carbocycles. The normalized spacial score (nSPS) is 10.7. The number of halogens is 1. The van der Waals surface area contributed by atoms with Gasteiger partial charge in [-0.2, -0.15) is 0 Å². The number of nitrogens with one attached hydrogen (secondary N) is 1. The maximum absolute atomic E-state index is 5.84. The topological polar surface area (TPSA) is 24.9 Å². The van der Waals surface area contributed by atoms with Gasteiger partial charge < -0.3 is 5.32 Å². The van der Waals surface area contributed by atoms with Crippen LogP contribution in [0.2, 0.25) is 5.15 Å². The largest absolute Gasteiger partial charge is 0.381 e. The van der Waals surface area contributed by atoms with Crippen molar-refractivity contribution in [2.45, 2.75) is 26.8 Å². The zero-order valence-corrected chi connectivity index (χ0v) is 12.1. The molecule has 100 valence electrons. The third-order valence-corrected chi connectivity index (χ3v) is 3.10. The fourth-order valence-electron chi connectivity index (χ4n) is 1.98. The first-order valence-electron chi connectivity index (χ1n) is 6.57. The minimum atomic E-state index is 0.511. The molecule has 2 rings (SSSR count). The summed E-state index contributed by atoms with van der Waals surface area (Å²) in [7, 11) is 0. The fraction of sp³-hybridized carbons (Fsp3) is 0.312. The number of pyridine rings is 1. The first-order chi connectivity index (χ1) is 9.13. The summed E-state index contributed by atoms with van der Waals surface area (Å²) in [5.41, 5.74) is 3.65. The Kier molecular flexibility index (Phi) is 4.80. The van der Waals surface area contributed by atoms with Crippen molar-refractivity contribution in [3.05, 3.63) is 58.9 Å². The second kappa shape index (κ2) is 6.58. The lowest BCUT2D eigenvalue weighted by molar-refractivity contribution is 0.647. The van der Waals surface area contributed by atoms with E-state index in [9.17, 15) is 0 Å². The molecule has 1 aromatic carbocycles. The number of hydrogen-bond acceptors (Lipinski definition) is 2. The highest BCUT2D eigenvalue weighted by Gasteiger charge is 1.99. The van der Waals surface area contributed by atoms with Crippen molar-refractivity contribution < 1.29 is 0 Å². The van der Waals surface area contributed by atoms with E-state index >= 15 is 0 Å². The van der Waals surface area contributed by atoms with E-state index in [1.807, 2.05) is 12.1 Å². The van der Waals surface area contributed by atoms with E-state index < -0.39 is 0 Å². The number of hydrogen-bond donors (Lipinski definition) is 1. The Morgan fingerprint density at radius 1 is 1.11 bits per heavy atom. The summed E-state index contributed by atoms with van der Waals surface area (Å²) >= 11 is 5.84. The number of benzene rings is 1. The minimum absolute atomic E-state index is 0.511. The van der Waals surface area contributed by atoms with Gasteiger partial charge in [-0.15, -0.1) is 0 Å². The predicted octanol–water partition coefficient (Wildman–Crippen LogP) is 4.55. The Morgan fingerprint density at radius 3 is 2.42 bits per heavy atom. The Hall–Kier alpha value is -1.54. The van der Waals surface area contributed by atoms with Crippen molar-refractivity contribution in [1.82, 2.24) is 4.98 Å². The highest BCUT2D eigenvalue weighted by Crippen LogP contribution is 2.14. The third kappa shape index (κ3) is 4.56. The van der Waals surface area contributed by atoms with Gasteiger partial charge in [-0.25, -0.2) is 4.98 Å². The summed E-state index contributed by atoms with van der Waals surface area (Å²) in [6.07, 6.45) is 2.84. The molecule has 3 heteroatoms. The number of rotatable bonds is 5. The van der Waals surface area contributed by atoms with Gasteiger partial charge in [-0.3, -0.25) is 0 Å². The van der Waals surface area contributed by atoms with Crippen molar-refractivity contribution in [3.63, 3.8) is 0 Å². The fourth-order valence-corrected chi connectivity index (χ4v) is 2.16. The lowest BCUT2D eigenvalue weighted by Crippen LogP contribution is -2.00.